The van der Waals surface area contributed by atoms with E-state index in [2.05, 4.69) is 212 Å². The maximum atomic E-state index is 6.70. The van der Waals surface area contributed by atoms with Gasteiger partial charge in [-0.05, 0) is 103 Å². The quantitative estimate of drug-likeness (QED) is 0.155. The Balaban J connectivity index is 1.16. The summed E-state index contributed by atoms with van der Waals surface area (Å²) in [5.74, 6) is 0. The van der Waals surface area contributed by atoms with Gasteiger partial charge in [0.25, 0.3) is 0 Å². The molecule has 0 amide bonds. The molecule has 0 N–H and O–H groups in total. The maximum Gasteiger partial charge on any atom is 0.333 e. The summed E-state index contributed by atoms with van der Waals surface area (Å²) in [7, 11) is 0. The van der Waals surface area contributed by atoms with Gasteiger partial charge in [0.05, 0.1) is 16.8 Å². The average Bonchev–Trinajstić information content (AvgIpc) is 3.81. The van der Waals surface area contributed by atoms with Crippen LogP contribution in [-0.4, -0.2) is 6.85 Å². The Labute approximate surface area is 355 Å². The minimum absolute atomic E-state index is 0.0247. The molecule has 10 aromatic rings. The van der Waals surface area contributed by atoms with Crippen LogP contribution < -0.4 is 20.6 Å². The fourth-order valence-corrected chi connectivity index (χ4v) is 11.9. The summed E-state index contributed by atoms with van der Waals surface area (Å²) in [5.41, 5.74) is 21.8. The maximum absolute atomic E-state index is 6.70. The van der Waals surface area contributed by atoms with E-state index in [9.17, 15) is 0 Å². The lowest BCUT2D eigenvalue weighted by atomic mass is 9.42. The van der Waals surface area contributed by atoms with Crippen molar-refractivity contribution >= 4 is 78.9 Å². The zero-order valence-corrected chi connectivity index (χ0v) is 34.2. The van der Waals surface area contributed by atoms with Gasteiger partial charge in [0.15, 0.2) is 0 Å². The Bertz CT molecular complexity index is 3510. The van der Waals surface area contributed by atoms with E-state index in [4.69, 9.17) is 4.42 Å². The van der Waals surface area contributed by atoms with E-state index in [-0.39, 0.29) is 12.3 Å². The van der Waals surface area contributed by atoms with Crippen LogP contribution in [0.2, 0.25) is 0 Å². The summed E-state index contributed by atoms with van der Waals surface area (Å²) in [6, 6.07) is 68.7. The number of hydrogen-bond acceptors (Lipinski definition) is 3. The number of anilines is 5. The van der Waals surface area contributed by atoms with Crippen LogP contribution in [0.4, 0.5) is 28.4 Å². The molecule has 0 fully saturated rings. The second-order valence-electron chi connectivity index (χ2n) is 18.4. The predicted octanol–water partition coefficient (Wildman–Crippen LogP) is 13.4. The zero-order chi connectivity index (χ0) is 40.4. The third kappa shape index (κ3) is 4.10. The van der Waals surface area contributed by atoms with E-state index in [1.165, 1.54) is 88.8 Å². The molecular formula is C57H39BN2O. The predicted molar refractivity (Wildman–Crippen MR) is 255 cm³/mol. The molecule has 3 aliphatic heterocycles. The molecule has 286 valence electrons. The third-order valence-corrected chi connectivity index (χ3v) is 14.4. The Morgan fingerprint density at radius 2 is 1.13 bits per heavy atom. The van der Waals surface area contributed by atoms with Gasteiger partial charge in [-0.1, -0.05) is 160 Å². The second kappa shape index (κ2) is 11.5. The topological polar surface area (TPSA) is 19.6 Å². The fourth-order valence-electron chi connectivity index (χ4n) is 11.9. The minimum atomic E-state index is -0.511. The molecule has 1 spiro atoms. The SMILES string of the molecule is CC(C)(C)c1ccc(N2B3c4cccc5c4N(c4ccccc4C54c5ccccc5-c5ccccc54)c4c3c(cc3ccccc43)-c3cc4c(cc32)oc2ccccc24)cc1. The molecule has 61 heavy (non-hydrogen) atoms. The lowest BCUT2D eigenvalue weighted by Gasteiger charge is -2.51. The minimum Gasteiger partial charge on any atom is -0.456 e. The molecule has 1 aliphatic carbocycles. The molecule has 14 rings (SSSR count). The van der Waals surface area contributed by atoms with Crippen LogP contribution in [0.15, 0.2) is 186 Å². The second-order valence-corrected chi connectivity index (χ2v) is 18.4. The average molecular weight is 779 g/mol. The van der Waals surface area contributed by atoms with Crippen molar-refractivity contribution in [1.82, 2.24) is 0 Å². The van der Waals surface area contributed by atoms with Gasteiger partial charge >= 0.3 is 6.85 Å². The van der Waals surface area contributed by atoms with E-state index in [0.717, 1.165) is 33.3 Å². The summed E-state index contributed by atoms with van der Waals surface area (Å²) in [5, 5.41) is 4.77. The summed E-state index contributed by atoms with van der Waals surface area (Å²) in [4.78, 5) is 5.29. The first kappa shape index (κ1) is 33.5. The van der Waals surface area contributed by atoms with Gasteiger partial charge in [0.1, 0.15) is 11.2 Å². The van der Waals surface area contributed by atoms with Crippen LogP contribution in [-0.2, 0) is 10.8 Å². The lowest BCUT2D eigenvalue weighted by molar-refractivity contribution is 0.590. The molecular weight excluding hydrogens is 739 g/mol. The van der Waals surface area contributed by atoms with Gasteiger partial charge in [-0.25, -0.2) is 0 Å². The third-order valence-electron chi connectivity index (χ3n) is 14.4. The van der Waals surface area contributed by atoms with Crippen LogP contribution >= 0.6 is 0 Å². The molecule has 0 radical (unpaired) electrons. The molecule has 4 heteroatoms. The summed E-state index contributed by atoms with van der Waals surface area (Å²) >= 11 is 0. The van der Waals surface area contributed by atoms with Crippen molar-refractivity contribution in [3.8, 4) is 22.3 Å². The van der Waals surface area contributed by atoms with Gasteiger partial charge in [-0.15, -0.1) is 0 Å². The number of hydrogen-bond donors (Lipinski definition) is 0. The van der Waals surface area contributed by atoms with E-state index in [0.29, 0.717) is 0 Å². The van der Waals surface area contributed by atoms with Crippen LogP contribution in [0.5, 0.6) is 0 Å². The van der Waals surface area contributed by atoms with Crippen LogP contribution in [0, 0.1) is 0 Å². The highest BCUT2D eigenvalue weighted by molar-refractivity contribution is 6.94. The van der Waals surface area contributed by atoms with Crippen molar-refractivity contribution in [2.75, 3.05) is 9.71 Å². The molecule has 3 nitrogen and oxygen atoms in total. The Kier molecular flexibility index (Phi) is 6.32. The highest BCUT2D eigenvalue weighted by Gasteiger charge is 2.56. The van der Waals surface area contributed by atoms with Crippen molar-refractivity contribution in [2.24, 2.45) is 0 Å². The van der Waals surface area contributed by atoms with Crippen LogP contribution in [0.1, 0.15) is 48.6 Å². The van der Waals surface area contributed by atoms with Gasteiger partial charge in [-0.3, -0.25) is 0 Å². The van der Waals surface area contributed by atoms with Crippen LogP contribution in [0.3, 0.4) is 0 Å². The summed E-state index contributed by atoms with van der Waals surface area (Å²) < 4.78 is 6.70. The van der Waals surface area contributed by atoms with Crippen molar-refractivity contribution in [1.29, 1.82) is 0 Å². The molecule has 0 bridgehead atoms. The number of fused-ring (bicyclic) bond motifs is 18. The molecule has 0 unspecified atom stereocenters. The number of para-hydroxylation sites is 3. The zero-order valence-electron chi connectivity index (χ0n) is 34.2. The fraction of sp³-hybridized carbons (Fsp3) is 0.0877. The Morgan fingerprint density at radius 3 is 1.90 bits per heavy atom. The lowest BCUT2D eigenvalue weighted by Crippen LogP contribution is -2.62. The van der Waals surface area contributed by atoms with E-state index in [1.54, 1.807) is 0 Å². The smallest absolute Gasteiger partial charge is 0.333 e. The first-order valence-electron chi connectivity index (χ1n) is 21.5. The van der Waals surface area contributed by atoms with Gasteiger partial charge in [0, 0.05) is 44.9 Å². The Hall–Kier alpha value is -7.30. The molecule has 4 aliphatic rings. The summed E-state index contributed by atoms with van der Waals surface area (Å²) in [6.45, 7) is 6.75. The molecule has 0 saturated heterocycles. The first-order valence-corrected chi connectivity index (χ1v) is 21.5. The number of furan rings is 1. The normalized spacial score (nSPS) is 14.8. The van der Waals surface area contributed by atoms with Crippen molar-refractivity contribution in [2.45, 2.75) is 31.6 Å². The standard InChI is InChI=1S/C57H39BN2O/c1-56(2,3)35-27-29-36(30-28-35)60-50-33-52-42(40-19-8-13-26-51(40)61-52)32-41(50)43-31-34-15-4-5-16-37(34)54-53(43)58(60)48-24-14-23-47-55(48)59(54)49-25-12-11-22-46(49)57(47)44-20-9-6-17-38(44)39-18-7-10-21-45(39)57/h4-33H,1-3H3. The first-order chi connectivity index (χ1) is 29.9. The monoisotopic (exact) mass is 778 g/mol. The molecule has 0 saturated carbocycles. The molecule has 4 heterocycles. The van der Waals surface area contributed by atoms with Crippen molar-refractivity contribution in [3.63, 3.8) is 0 Å². The van der Waals surface area contributed by atoms with E-state index >= 15 is 0 Å². The highest BCUT2D eigenvalue weighted by Crippen LogP contribution is 2.64. The molecule has 1 aromatic heterocycles. The molecule has 9 aromatic carbocycles. The van der Waals surface area contributed by atoms with Crippen LogP contribution in [0.25, 0.3) is 55.0 Å². The highest BCUT2D eigenvalue weighted by atomic mass is 16.3. The van der Waals surface area contributed by atoms with E-state index in [1.807, 2.05) is 0 Å². The molecule has 0 atom stereocenters. The van der Waals surface area contributed by atoms with E-state index < -0.39 is 5.41 Å². The Morgan fingerprint density at radius 1 is 0.475 bits per heavy atom. The van der Waals surface area contributed by atoms with Gasteiger partial charge in [-0.2, -0.15) is 0 Å². The largest absolute Gasteiger partial charge is 0.456 e. The number of nitrogens with zero attached hydrogens (tertiary/aromatic N) is 2. The van der Waals surface area contributed by atoms with Crippen molar-refractivity contribution < 1.29 is 4.42 Å². The van der Waals surface area contributed by atoms with Crippen molar-refractivity contribution in [3.05, 3.63) is 210 Å². The number of benzene rings is 9. The van der Waals surface area contributed by atoms with Gasteiger partial charge in [0.2, 0.25) is 0 Å². The van der Waals surface area contributed by atoms with Gasteiger partial charge < -0.3 is 14.1 Å². The summed E-state index contributed by atoms with van der Waals surface area (Å²) in [6.07, 6.45) is 0. The number of rotatable bonds is 1.